The van der Waals surface area contributed by atoms with E-state index in [-0.39, 0.29) is 23.7 Å². The van der Waals surface area contributed by atoms with Crippen LogP contribution in [0.2, 0.25) is 0 Å². The normalized spacial score (nSPS) is 11.1. The Balaban J connectivity index is 1.97. The van der Waals surface area contributed by atoms with Crippen molar-refractivity contribution in [2.45, 2.75) is 6.54 Å². The number of hydrogen-bond donors (Lipinski definition) is 1. The van der Waals surface area contributed by atoms with Crippen molar-refractivity contribution in [3.63, 3.8) is 0 Å². The minimum absolute atomic E-state index is 0.0155. The van der Waals surface area contributed by atoms with Gasteiger partial charge in [-0.1, -0.05) is 18.2 Å². The van der Waals surface area contributed by atoms with Crippen molar-refractivity contribution in [1.82, 2.24) is 19.1 Å². The summed E-state index contributed by atoms with van der Waals surface area (Å²) in [6.45, 7) is -0.191. The van der Waals surface area contributed by atoms with Crippen LogP contribution in [0.4, 0.5) is 14.7 Å². The predicted octanol–water partition coefficient (Wildman–Crippen LogP) is 2.50. The van der Waals surface area contributed by atoms with Gasteiger partial charge < -0.3 is 10.5 Å². The van der Waals surface area contributed by atoms with Crippen LogP contribution in [0.15, 0.2) is 53.5 Å². The fourth-order valence-electron chi connectivity index (χ4n) is 3.02. The molecule has 0 aliphatic carbocycles. The zero-order valence-corrected chi connectivity index (χ0v) is 14.8. The van der Waals surface area contributed by atoms with E-state index in [0.717, 1.165) is 6.07 Å². The number of nitrogens with two attached hydrogens (primary N) is 1. The van der Waals surface area contributed by atoms with Crippen molar-refractivity contribution < 1.29 is 13.5 Å². The summed E-state index contributed by atoms with van der Waals surface area (Å²) in [5.41, 5.74) is 6.32. The van der Waals surface area contributed by atoms with Crippen molar-refractivity contribution in [3.8, 4) is 11.4 Å². The maximum atomic E-state index is 14.1. The van der Waals surface area contributed by atoms with E-state index >= 15 is 0 Å². The Morgan fingerprint density at radius 2 is 1.96 bits per heavy atom. The molecule has 0 radical (unpaired) electrons. The largest absolute Gasteiger partial charge is 0.497 e. The quantitative estimate of drug-likeness (QED) is 0.585. The number of halogens is 2. The van der Waals surface area contributed by atoms with Crippen molar-refractivity contribution in [1.29, 1.82) is 0 Å². The molecule has 0 bridgehead atoms. The van der Waals surface area contributed by atoms with Crippen molar-refractivity contribution >= 4 is 17.1 Å². The van der Waals surface area contributed by atoms with Gasteiger partial charge in [0.05, 0.1) is 25.5 Å². The second-order valence-electron chi connectivity index (χ2n) is 6.06. The number of aromatic nitrogens is 4. The number of hydrogen-bond acceptors (Lipinski definition) is 5. The maximum absolute atomic E-state index is 14.1. The molecule has 2 N–H and O–H groups in total. The second kappa shape index (κ2) is 6.76. The number of rotatable bonds is 4. The van der Waals surface area contributed by atoms with Gasteiger partial charge in [-0.3, -0.25) is 4.57 Å². The molecule has 142 valence electrons. The Morgan fingerprint density at radius 1 is 1.18 bits per heavy atom. The Hall–Kier alpha value is -3.75. The number of anilines is 1. The third-order valence-electron chi connectivity index (χ3n) is 4.36. The van der Waals surface area contributed by atoms with Gasteiger partial charge in [-0.25, -0.2) is 23.1 Å². The van der Waals surface area contributed by atoms with Gasteiger partial charge in [0.1, 0.15) is 11.3 Å². The van der Waals surface area contributed by atoms with Gasteiger partial charge in [0.15, 0.2) is 17.3 Å². The van der Waals surface area contributed by atoms with Crippen LogP contribution in [0.5, 0.6) is 5.75 Å². The smallest absolute Gasteiger partial charge is 0.335 e. The van der Waals surface area contributed by atoms with Crippen LogP contribution < -0.4 is 16.2 Å². The van der Waals surface area contributed by atoms with E-state index in [1.54, 1.807) is 24.3 Å². The first-order valence-electron chi connectivity index (χ1n) is 8.30. The molecule has 2 heterocycles. The molecule has 0 saturated carbocycles. The average Bonchev–Trinajstić information content (AvgIpc) is 2.96. The maximum Gasteiger partial charge on any atom is 0.335 e. The summed E-state index contributed by atoms with van der Waals surface area (Å²) in [5.74, 6) is -1.46. The predicted molar refractivity (Wildman–Crippen MR) is 99.5 cm³/mol. The number of nitrogen functional groups attached to an aromatic ring is 1. The van der Waals surface area contributed by atoms with Crippen LogP contribution in [0, 0.1) is 11.6 Å². The van der Waals surface area contributed by atoms with E-state index in [1.165, 1.54) is 34.6 Å². The fourth-order valence-corrected chi connectivity index (χ4v) is 3.02. The molecule has 0 spiro atoms. The highest BCUT2D eigenvalue weighted by Gasteiger charge is 2.19. The summed E-state index contributed by atoms with van der Waals surface area (Å²) in [4.78, 5) is 21.3. The molecule has 28 heavy (non-hydrogen) atoms. The molecule has 0 unspecified atom stereocenters. The minimum Gasteiger partial charge on any atom is -0.497 e. The van der Waals surface area contributed by atoms with Crippen LogP contribution in [0.25, 0.3) is 16.9 Å². The van der Waals surface area contributed by atoms with Gasteiger partial charge in [-0.15, -0.1) is 0 Å². The van der Waals surface area contributed by atoms with E-state index in [1.807, 2.05) is 0 Å². The number of fused-ring (bicyclic) bond motifs is 1. The molecular formula is C19H15F2N5O2. The third-order valence-corrected chi connectivity index (χ3v) is 4.36. The SMILES string of the molecule is COc1cccc(-n2c(=O)n(Cc3cccc(F)c3F)c3cnc(N)nc32)c1. The lowest BCUT2D eigenvalue weighted by atomic mass is 10.2. The van der Waals surface area contributed by atoms with Crippen LogP contribution in [-0.4, -0.2) is 26.2 Å². The summed E-state index contributed by atoms with van der Waals surface area (Å²) >= 11 is 0. The van der Waals surface area contributed by atoms with Gasteiger partial charge >= 0.3 is 5.69 Å². The highest BCUT2D eigenvalue weighted by molar-refractivity contribution is 5.74. The average molecular weight is 383 g/mol. The fraction of sp³-hybridized carbons (Fsp3) is 0.105. The summed E-state index contributed by atoms with van der Waals surface area (Å²) in [6, 6.07) is 10.6. The molecule has 2 aromatic heterocycles. The number of imidazole rings is 1. The molecule has 7 nitrogen and oxygen atoms in total. The number of nitrogens with zero attached hydrogens (tertiary/aromatic N) is 4. The first-order valence-corrected chi connectivity index (χ1v) is 8.30. The molecule has 9 heteroatoms. The Morgan fingerprint density at radius 3 is 2.75 bits per heavy atom. The van der Waals surface area contributed by atoms with Crippen molar-refractivity contribution in [2.75, 3.05) is 12.8 Å². The zero-order chi connectivity index (χ0) is 19.8. The van der Waals surface area contributed by atoms with Gasteiger partial charge in [0.25, 0.3) is 0 Å². The lowest BCUT2D eigenvalue weighted by Crippen LogP contribution is -2.24. The van der Waals surface area contributed by atoms with Crippen LogP contribution in [-0.2, 0) is 6.54 Å². The van der Waals surface area contributed by atoms with Crippen molar-refractivity contribution in [2.24, 2.45) is 0 Å². The molecule has 4 rings (SSSR count). The lowest BCUT2D eigenvalue weighted by Gasteiger charge is -2.06. The monoisotopic (exact) mass is 383 g/mol. The van der Waals surface area contributed by atoms with E-state index in [0.29, 0.717) is 17.0 Å². The first kappa shape index (κ1) is 17.7. The summed E-state index contributed by atoms with van der Waals surface area (Å²) in [5, 5.41) is 0. The molecule has 0 amide bonds. The Kier molecular flexibility index (Phi) is 4.26. The summed E-state index contributed by atoms with van der Waals surface area (Å²) < 4.78 is 35.5. The van der Waals surface area contributed by atoms with Crippen LogP contribution >= 0.6 is 0 Å². The molecule has 0 atom stereocenters. The Bertz CT molecular complexity index is 1250. The first-order chi connectivity index (χ1) is 13.5. The molecule has 0 fully saturated rings. The van der Waals surface area contributed by atoms with Gasteiger partial charge in [0, 0.05) is 11.6 Å². The third kappa shape index (κ3) is 2.86. The topological polar surface area (TPSA) is 88.0 Å². The zero-order valence-electron chi connectivity index (χ0n) is 14.8. The molecule has 4 aromatic rings. The van der Waals surface area contributed by atoms with E-state index in [2.05, 4.69) is 9.97 Å². The molecular weight excluding hydrogens is 368 g/mol. The van der Waals surface area contributed by atoms with Gasteiger partial charge in [-0.2, -0.15) is 4.98 Å². The van der Waals surface area contributed by atoms with Gasteiger partial charge in [0.2, 0.25) is 5.95 Å². The Labute approximate surface area is 157 Å². The van der Waals surface area contributed by atoms with E-state index < -0.39 is 17.3 Å². The molecule has 0 saturated heterocycles. The number of ether oxygens (including phenoxy) is 1. The number of benzene rings is 2. The number of methoxy groups -OCH3 is 1. The van der Waals surface area contributed by atoms with Crippen LogP contribution in [0.1, 0.15) is 5.56 Å². The summed E-state index contributed by atoms with van der Waals surface area (Å²) in [6.07, 6.45) is 1.38. The lowest BCUT2D eigenvalue weighted by molar-refractivity contribution is 0.414. The van der Waals surface area contributed by atoms with Gasteiger partial charge in [-0.05, 0) is 18.2 Å². The standard InChI is InChI=1S/C19H15F2N5O2/c1-28-13-6-3-5-12(8-13)26-17-15(9-23-18(22)24-17)25(19(26)27)10-11-4-2-7-14(20)16(11)21/h2-9H,10H2,1H3,(H2,22,23,24). The van der Waals surface area contributed by atoms with Crippen molar-refractivity contribution in [3.05, 3.63) is 76.3 Å². The highest BCUT2D eigenvalue weighted by atomic mass is 19.2. The minimum atomic E-state index is -1.01. The molecule has 0 aliphatic heterocycles. The summed E-state index contributed by atoms with van der Waals surface area (Å²) in [7, 11) is 1.51. The molecule has 2 aromatic carbocycles. The highest BCUT2D eigenvalue weighted by Crippen LogP contribution is 2.21. The molecule has 0 aliphatic rings. The van der Waals surface area contributed by atoms with E-state index in [9.17, 15) is 13.6 Å². The van der Waals surface area contributed by atoms with E-state index in [4.69, 9.17) is 10.5 Å². The second-order valence-corrected chi connectivity index (χ2v) is 6.06. The van der Waals surface area contributed by atoms with Crippen LogP contribution in [0.3, 0.4) is 0 Å².